The second kappa shape index (κ2) is 20.9. The zero-order valence-electron chi connectivity index (χ0n) is 44.6. The number of ketones is 1. The van der Waals surface area contributed by atoms with Gasteiger partial charge in [-0.25, -0.2) is 9.59 Å². The molecule has 12 atom stereocenters. The molecule has 3 aliphatic carbocycles. The number of carbonyl (C=O) groups is 7. The SMILES string of the molecule is CC(=O)O[C@H]1C(=O)[C@]2(C)[C@H](O)[C@H](O)[C@H]3OC[C@@]3(OC(=O)CCCC(=O)OCc3ccccc3)[C@H]2[C@@H]2OC(=O)O[C@]23C[C@H](OC(=O)[C@H](O[Si](C)(C)C(C)(C)C)[C@@H](NC(=O)c2ccccc2)c2ccccc2)C(C)=C1C3(C)C. The number of esters is 4. The normalized spacial score (nSPS) is 30.2. The van der Waals surface area contributed by atoms with E-state index in [1.54, 1.807) is 93.6 Å². The van der Waals surface area contributed by atoms with Crippen molar-refractivity contribution in [3.8, 4) is 0 Å². The third-order valence-electron chi connectivity index (χ3n) is 16.9. The van der Waals surface area contributed by atoms with Crippen molar-refractivity contribution in [2.75, 3.05) is 6.61 Å². The van der Waals surface area contributed by atoms with Gasteiger partial charge in [0, 0.05) is 37.2 Å². The summed E-state index contributed by atoms with van der Waals surface area (Å²) in [6, 6.07) is 25.2. The fourth-order valence-corrected chi connectivity index (χ4v) is 13.0. The fourth-order valence-electron chi connectivity index (χ4n) is 11.8. The minimum atomic E-state index is -2.95. The van der Waals surface area contributed by atoms with Gasteiger partial charge in [-0.1, -0.05) is 113 Å². The van der Waals surface area contributed by atoms with Gasteiger partial charge < -0.3 is 53.1 Å². The summed E-state index contributed by atoms with van der Waals surface area (Å²) >= 11 is 0. The zero-order valence-corrected chi connectivity index (χ0v) is 45.6. The van der Waals surface area contributed by atoms with Gasteiger partial charge in [-0.05, 0) is 72.8 Å². The van der Waals surface area contributed by atoms with Crippen LogP contribution < -0.4 is 5.32 Å². The van der Waals surface area contributed by atoms with E-state index in [1.165, 1.54) is 6.92 Å². The van der Waals surface area contributed by atoms with Crippen molar-refractivity contribution in [2.45, 2.75) is 166 Å². The molecule has 2 heterocycles. The topological polar surface area (TPSA) is 246 Å². The minimum absolute atomic E-state index is 0.0190. The van der Waals surface area contributed by atoms with Crippen molar-refractivity contribution in [3.63, 3.8) is 0 Å². The number of fused-ring (bicyclic) bond motifs is 5. The monoisotopic (exact) mass is 1070 g/mol. The van der Waals surface area contributed by atoms with E-state index in [2.05, 4.69) is 5.32 Å². The molecule has 19 heteroatoms. The number of nitrogens with one attached hydrogen (secondary N) is 1. The summed E-state index contributed by atoms with van der Waals surface area (Å²) in [5.41, 5.74) is -5.86. The number of carbonyl (C=O) groups excluding carboxylic acids is 7. The first-order chi connectivity index (χ1) is 35.7. The summed E-state index contributed by atoms with van der Waals surface area (Å²) in [7, 11) is -2.95. The van der Waals surface area contributed by atoms with Gasteiger partial charge in [-0.2, -0.15) is 0 Å². The van der Waals surface area contributed by atoms with Crippen LogP contribution in [0.4, 0.5) is 4.79 Å². The van der Waals surface area contributed by atoms with Crippen molar-refractivity contribution < 1.29 is 81.4 Å². The van der Waals surface area contributed by atoms with E-state index in [1.807, 2.05) is 52.1 Å². The van der Waals surface area contributed by atoms with Gasteiger partial charge in [0.1, 0.15) is 24.9 Å². The maximum absolute atomic E-state index is 15.9. The molecule has 1 amide bonds. The van der Waals surface area contributed by atoms with Crippen LogP contribution in [-0.2, 0) is 68.2 Å². The van der Waals surface area contributed by atoms with Gasteiger partial charge in [0.05, 0.1) is 30.1 Å². The third-order valence-corrected chi connectivity index (χ3v) is 21.4. The van der Waals surface area contributed by atoms with Gasteiger partial charge in [0.2, 0.25) is 0 Å². The molecule has 2 bridgehead atoms. The van der Waals surface area contributed by atoms with Gasteiger partial charge in [-0.3, -0.25) is 24.0 Å². The highest BCUT2D eigenvalue weighted by molar-refractivity contribution is 6.74. The van der Waals surface area contributed by atoms with E-state index in [9.17, 15) is 34.2 Å². The number of rotatable bonds is 16. The van der Waals surface area contributed by atoms with Crippen LogP contribution in [0.2, 0.25) is 18.1 Å². The summed E-state index contributed by atoms with van der Waals surface area (Å²) in [6.45, 7) is 16.8. The van der Waals surface area contributed by atoms with Crippen LogP contribution >= 0.6 is 0 Å². The summed E-state index contributed by atoms with van der Waals surface area (Å²) in [5.74, 6) is -6.31. The Bertz CT molecular complexity index is 2760. The quantitative estimate of drug-likeness (QED) is 0.0569. The first kappa shape index (κ1) is 56.0. The predicted octanol–water partition coefficient (Wildman–Crippen LogP) is 6.95. The average Bonchev–Trinajstić information content (AvgIpc) is 3.75. The lowest BCUT2D eigenvalue weighted by atomic mass is 9.44. The molecule has 0 unspecified atom stereocenters. The Balaban J connectivity index is 1.21. The minimum Gasteiger partial charge on any atom is -0.461 e. The van der Waals surface area contributed by atoms with Crippen molar-refractivity contribution >= 4 is 50.0 Å². The zero-order chi connectivity index (χ0) is 55.3. The molecule has 4 fully saturated rings. The molecule has 8 rings (SSSR count). The molecule has 18 nitrogen and oxygen atoms in total. The van der Waals surface area contributed by atoms with E-state index < -0.39 is 138 Å². The van der Waals surface area contributed by atoms with Gasteiger partial charge in [-0.15, -0.1) is 0 Å². The molecule has 2 saturated heterocycles. The molecule has 1 spiro atoms. The fraction of sp³-hybridized carbons (Fsp3) is 0.526. The lowest BCUT2D eigenvalue weighted by Crippen LogP contribution is -2.84. The second-order valence-corrected chi connectivity index (χ2v) is 27.6. The lowest BCUT2D eigenvalue weighted by molar-refractivity contribution is -0.363. The number of hydrogen-bond acceptors (Lipinski definition) is 17. The van der Waals surface area contributed by atoms with Crippen LogP contribution in [0.5, 0.6) is 0 Å². The number of aliphatic hydroxyl groups is 2. The largest absolute Gasteiger partial charge is 0.509 e. The van der Waals surface area contributed by atoms with Gasteiger partial charge >= 0.3 is 30.0 Å². The maximum Gasteiger partial charge on any atom is 0.509 e. The third kappa shape index (κ3) is 9.88. The average molecular weight is 1070 g/mol. The van der Waals surface area contributed by atoms with Crippen LogP contribution in [0.3, 0.4) is 0 Å². The van der Waals surface area contributed by atoms with Crippen molar-refractivity contribution in [3.05, 3.63) is 119 Å². The first-order valence-electron chi connectivity index (χ1n) is 25.7. The highest BCUT2D eigenvalue weighted by Gasteiger charge is 2.82. The van der Waals surface area contributed by atoms with Crippen molar-refractivity contribution in [2.24, 2.45) is 16.7 Å². The maximum atomic E-state index is 15.9. The first-order valence-corrected chi connectivity index (χ1v) is 28.6. The summed E-state index contributed by atoms with van der Waals surface area (Å²) in [6.07, 6.45) is -13.8. The van der Waals surface area contributed by atoms with E-state index >= 15 is 9.59 Å². The van der Waals surface area contributed by atoms with Crippen LogP contribution in [0, 0.1) is 16.7 Å². The van der Waals surface area contributed by atoms with Crippen LogP contribution in [-0.4, -0.2) is 121 Å². The lowest BCUT2D eigenvalue weighted by Gasteiger charge is -2.67. The number of Topliss-reactive ketones (excluding diaryl/α,β-unsaturated/α-hetero) is 1. The highest BCUT2D eigenvalue weighted by Crippen LogP contribution is 2.67. The Morgan fingerprint density at radius 3 is 2.04 bits per heavy atom. The number of hydrogen-bond donors (Lipinski definition) is 3. The second-order valence-electron chi connectivity index (χ2n) is 22.9. The van der Waals surface area contributed by atoms with Crippen molar-refractivity contribution in [1.29, 1.82) is 0 Å². The predicted molar refractivity (Wildman–Crippen MR) is 273 cm³/mol. The number of benzene rings is 3. The van der Waals surface area contributed by atoms with Gasteiger partial charge in [0.25, 0.3) is 5.91 Å². The highest BCUT2D eigenvalue weighted by atomic mass is 28.4. The van der Waals surface area contributed by atoms with Crippen molar-refractivity contribution in [1.82, 2.24) is 5.32 Å². The molecule has 3 aromatic carbocycles. The van der Waals surface area contributed by atoms with Crippen LogP contribution in [0.25, 0.3) is 0 Å². The smallest absolute Gasteiger partial charge is 0.461 e. The summed E-state index contributed by atoms with van der Waals surface area (Å²) in [4.78, 5) is 99.8. The Kier molecular flexibility index (Phi) is 15.4. The molecule has 0 aromatic heterocycles. The summed E-state index contributed by atoms with van der Waals surface area (Å²) in [5, 5.41) is 26.8. The Morgan fingerprint density at radius 1 is 0.842 bits per heavy atom. The van der Waals surface area contributed by atoms with E-state index in [4.69, 9.17) is 37.6 Å². The summed E-state index contributed by atoms with van der Waals surface area (Å²) < 4.78 is 49.9. The molecule has 76 heavy (non-hydrogen) atoms. The molecule has 2 saturated carbocycles. The van der Waals surface area contributed by atoms with E-state index in [0.717, 1.165) is 12.5 Å². The number of aliphatic hydroxyl groups excluding tert-OH is 2. The van der Waals surface area contributed by atoms with Crippen LogP contribution in [0.1, 0.15) is 109 Å². The molecule has 0 radical (unpaired) electrons. The van der Waals surface area contributed by atoms with E-state index in [-0.39, 0.29) is 43.4 Å². The molecule has 2 aliphatic heterocycles. The Morgan fingerprint density at radius 2 is 1.45 bits per heavy atom. The van der Waals surface area contributed by atoms with Gasteiger partial charge in [0.15, 0.2) is 43.6 Å². The molecule has 3 N–H and O–H groups in total. The molecular weight excluding hydrogens is 999 g/mol. The molecule has 408 valence electrons. The molecule has 3 aromatic rings. The Labute approximate surface area is 443 Å². The van der Waals surface area contributed by atoms with Crippen LogP contribution in [0.15, 0.2) is 102 Å². The molecule has 5 aliphatic rings. The number of amides is 1. The molecular formula is C57H69NO17Si. The number of ether oxygens (including phenoxy) is 7. The van der Waals surface area contributed by atoms with E-state index in [0.29, 0.717) is 11.1 Å². The Hall–Kier alpha value is -6.25. The standard InChI is InChI=1S/C57H69NO17Si/c1-32-37(71-51(66)44(75-76(9,10)53(3,4)5)41(35-23-16-12-17-24-35)58-50(65)36-25-18-13-19-26-36)29-57-49(72-52(67)74-57)45-55(8,47(64)43(70-33(2)59)40(32)54(57,6)7)46(63)42(62)48-56(45,31-69-48)73-39(61)28-20-27-38(60)68-30-34-21-14-11-15-22-34/h11-19,21-26,37,41-46,48-49,62-63H,20,27-31H2,1-10H3,(H,58,65)/t37-,41-,42-,43+,44+,45-,46+,48+,49-,55-,56+,57+/m0/s1.